The predicted octanol–water partition coefficient (Wildman–Crippen LogP) is 4.11. The zero-order valence-corrected chi connectivity index (χ0v) is 23.9. The zero-order chi connectivity index (χ0) is 29.2. The van der Waals surface area contributed by atoms with E-state index < -0.39 is 0 Å². The van der Waals surface area contributed by atoms with Gasteiger partial charge in [0.05, 0.1) is 23.5 Å². The molecule has 1 aromatic heterocycles. The summed E-state index contributed by atoms with van der Waals surface area (Å²) < 4.78 is 8.29. The van der Waals surface area contributed by atoms with E-state index in [-0.39, 0.29) is 12.2 Å². The molecule has 1 fully saturated rings. The number of imide groups is 1. The number of hydrogen-bond acceptors (Lipinski definition) is 8. The van der Waals surface area contributed by atoms with Crippen LogP contribution in [0.5, 0.6) is 5.75 Å². The lowest BCUT2D eigenvalue weighted by molar-refractivity contribution is -0.117. The van der Waals surface area contributed by atoms with Crippen LogP contribution in [0.25, 0.3) is 5.69 Å². The number of hydroxylamine groups is 1. The number of aryl methyl sites for hydroxylation is 1. The number of fused-ring (bicyclic) bond motifs is 1. The number of nitrogens with zero attached hydrogens (tertiary/aromatic N) is 4. The molecule has 3 aromatic rings. The van der Waals surface area contributed by atoms with Gasteiger partial charge >= 0.3 is 0 Å². The Morgan fingerprint density at radius 3 is 2.80 bits per heavy atom. The van der Waals surface area contributed by atoms with Gasteiger partial charge in [0.25, 0.3) is 0 Å². The van der Waals surface area contributed by atoms with E-state index in [0.717, 1.165) is 55.9 Å². The topological polar surface area (TPSA) is 122 Å². The molecule has 2 N–H and O–H groups in total. The SMILES string of the molecule is CCCC(C)C1ONCc2cc(O[C@H]3CCN(Cc4cnn(-c5ccc(C#N)c(C)c5)c4)C3)ccc21.O=CNC=O. The van der Waals surface area contributed by atoms with Crippen molar-refractivity contribution in [2.45, 2.75) is 65.3 Å². The van der Waals surface area contributed by atoms with Crippen LogP contribution in [-0.2, 0) is 27.5 Å². The van der Waals surface area contributed by atoms with Crippen LogP contribution in [0.15, 0.2) is 48.8 Å². The van der Waals surface area contributed by atoms with Gasteiger partial charge in [-0.1, -0.05) is 26.3 Å². The lowest BCUT2D eigenvalue weighted by Crippen LogP contribution is -2.29. The molecule has 2 aliphatic heterocycles. The molecule has 0 spiro atoms. The van der Waals surface area contributed by atoms with Crippen LogP contribution < -0.4 is 15.5 Å². The molecule has 5 rings (SSSR count). The normalized spacial score (nSPS) is 18.8. The van der Waals surface area contributed by atoms with E-state index in [1.807, 2.05) is 36.0 Å². The monoisotopic (exact) mass is 558 g/mol. The fraction of sp³-hybridized carbons (Fsp3) is 0.419. The third-order valence-corrected chi connectivity index (χ3v) is 7.46. The molecule has 3 atom stereocenters. The Balaban J connectivity index is 0.000000714. The molecule has 216 valence electrons. The highest BCUT2D eigenvalue weighted by Crippen LogP contribution is 2.35. The maximum atomic E-state index is 9.16. The molecule has 41 heavy (non-hydrogen) atoms. The second kappa shape index (κ2) is 14.6. The molecular weight excluding hydrogens is 520 g/mol. The van der Waals surface area contributed by atoms with Gasteiger partial charge < -0.3 is 10.1 Å². The maximum Gasteiger partial charge on any atom is 0.213 e. The maximum absolute atomic E-state index is 9.16. The Morgan fingerprint density at radius 2 is 2.10 bits per heavy atom. The first-order valence-electron chi connectivity index (χ1n) is 14.0. The summed E-state index contributed by atoms with van der Waals surface area (Å²) >= 11 is 0. The van der Waals surface area contributed by atoms with Crippen LogP contribution in [0.2, 0.25) is 0 Å². The molecule has 2 aromatic carbocycles. The Morgan fingerprint density at radius 1 is 1.27 bits per heavy atom. The lowest BCUT2D eigenvalue weighted by atomic mass is 9.90. The molecule has 3 heterocycles. The third-order valence-electron chi connectivity index (χ3n) is 7.46. The van der Waals surface area contributed by atoms with Crippen LogP contribution >= 0.6 is 0 Å². The lowest BCUT2D eigenvalue weighted by Gasteiger charge is -2.31. The minimum absolute atomic E-state index is 0.0961. The van der Waals surface area contributed by atoms with Crippen molar-refractivity contribution in [2.75, 3.05) is 13.1 Å². The van der Waals surface area contributed by atoms with E-state index in [2.05, 4.69) is 59.8 Å². The van der Waals surface area contributed by atoms with Crippen molar-refractivity contribution in [3.63, 3.8) is 0 Å². The number of nitrogens with one attached hydrogen (secondary N) is 2. The van der Waals surface area contributed by atoms with Gasteiger partial charge in [0.15, 0.2) is 0 Å². The van der Waals surface area contributed by atoms with Crippen molar-refractivity contribution in [1.29, 1.82) is 5.26 Å². The van der Waals surface area contributed by atoms with Crippen molar-refractivity contribution < 1.29 is 19.2 Å². The molecule has 0 aliphatic carbocycles. The van der Waals surface area contributed by atoms with Crippen molar-refractivity contribution >= 4 is 12.8 Å². The minimum Gasteiger partial charge on any atom is -0.489 e. The molecule has 2 unspecified atom stereocenters. The van der Waals surface area contributed by atoms with Crippen LogP contribution in [0.4, 0.5) is 0 Å². The van der Waals surface area contributed by atoms with Gasteiger partial charge in [0.1, 0.15) is 18.0 Å². The van der Waals surface area contributed by atoms with Gasteiger partial charge in [-0.3, -0.25) is 19.3 Å². The van der Waals surface area contributed by atoms with E-state index in [4.69, 9.17) is 24.4 Å². The number of hydrogen-bond donors (Lipinski definition) is 2. The standard InChI is InChI=1S/C29H35N5O2.C2H3NO2/c1-4-5-20(2)29-28-9-8-26(13-24(28)16-32-36-29)35-27-10-11-33(19-27)17-22-15-31-34(18-22)25-7-6-23(14-30)21(3)12-25;4-1-3-2-5/h6-9,12-13,15,18,20,27,29,32H,4-5,10-11,16-17,19H2,1-3H3;1-2H,(H,3,4,5)/t20?,27-,29?;/m0./s1. The quantitative estimate of drug-likeness (QED) is 0.357. The zero-order valence-electron chi connectivity index (χ0n) is 23.9. The van der Waals surface area contributed by atoms with Gasteiger partial charge in [0, 0.05) is 37.9 Å². The highest BCUT2D eigenvalue weighted by molar-refractivity contribution is 5.67. The van der Waals surface area contributed by atoms with E-state index in [1.54, 1.807) is 5.32 Å². The number of ether oxygens (including phenoxy) is 1. The van der Waals surface area contributed by atoms with Gasteiger partial charge in [-0.05, 0) is 72.7 Å². The average molecular weight is 559 g/mol. The fourth-order valence-electron chi connectivity index (χ4n) is 5.40. The molecule has 10 nitrogen and oxygen atoms in total. The number of likely N-dealkylation sites (tertiary alicyclic amines) is 1. The Hall–Kier alpha value is -4.04. The summed E-state index contributed by atoms with van der Waals surface area (Å²) in [4.78, 5) is 26.4. The van der Waals surface area contributed by atoms with Gasteiger partial charge in [-0.2, -0.15) is 15.8 Å². The van der Waals surface area contributed by atoms with Crippen molar-refractivity contribution in [3.8, 4) is 17.5 Å². The number of rotatable bonds is 10. The number of carbonyl (C=O) groups excluding carboxylic acids is 2. The molecule has 0 bridgehead atoms. The number of aromatic nitrogens is 2. The number of carbonyl (C=O) groups is 2. The Kier molecular flexibility index (Phi) is 10.6. The second-order valence-corrected chi connectivity index (χ2v) is 10.6. The number of amides is 2. The van der Waals surface area contributed by atoms with Crippen molar-refractivity contribution in [3.05, 3.63) is 76.6 Å². The number of nitriles is 1. The first kappa shape index (κ1) is 29.9. The number of benzene rings is 2. The first-order chi connectivity index (χ1) is 19.9. The predicted molar refractivity (Wildman–Crippen MR) is 154 cm³/mol. The minimum atomic E-state index is 0.0961. The van der Waals surface area contributed by atoms with Gasteiger partial charge in [-0.15, -0.1) is 0 Å². The summed E-state index contributed by atoms with van der Waals surface area (Å²) in [5, 5.41) is 15.5. The van der Waals surface area contributed by atoms with Gasteiger partial charge in [0.2, 0.25) is 12.8 Å². The third kappa shape index (κ3) is 7.79. The molecule has 0 saturated carbocycles. The Labute approximate surface area is 241 Å². The average Bonchev–Trinajstić information content (AvgIpc) is 3.63. The van der Waals surface area contributed by atoms with Crippen LogP contribution in [-0.4, -0.2) is 46.7 Å². The fourth-order valence-corrected chi connectivity index (χ4v) is 5.40. The summed E-state index contributed by atoms with van der Waals surface area (Å²) in [7, 11) is 0. The van der Waals surface area contributed by atoms with Crippen LogP contribution in [0, 0.1) is 24.2 Å². The van der Waals surface area contributed by atoms with Gasteiger partial charge in [-0.25, -0.2) is 4.68 Å². The molecule has 2 aliphatic rings. The molecule has 2 amide bonds. The highest BCUT2D eigenvalue weighted by atomic mass is 16.7. The van der Waals surface area contributed by atoms with E-state index in [1.165, 1.54) is 16.7 Å². The van der Waals surface area contributed by atoms with Crippen LogP contribution in [0.1, 0.15) is 67.0 Å². The van der Waals surface area contributed by atoms with Crippen molar-refractivity contribution in [1.82, 2.24) is 25.5 Å². The summed E-state index contributed by atoms with van der Waals surface area (Å²) in [6.07, 6.45) is 8.22. The van der Waals surface area contributed by atoms with E-state index in [9.17, 15) is 0 Å². The van der Waals surface area contributed by atoms with E-state index >= 15 is 0 Å². The molecule has 1 saturated heterocycles. The summed E-state index contributed by atoms with van der Waals surface area (Å²) in [6, 6.07) is 14.5. The van der Waals surface area contributed by atoms with Crippen LogP contribution in [0.3, 0.4) is 0 Å². The second-order valence-electron chi connectivity index (χ2n) is 10.6. The summed E-state index contributed by atoms with van der Waals surface area (Å²) in [5.41, 5.74) is 9.48. The first-order valence-corrected chi connectivity index (χ1v) is 14.0. The largest absolute Gasteiger partial charge is 0.489 e. The summed E-state index contributed by atoms with van der Waals surface area (Å²) in [6.45, 7) is 9.89. The molecular formula is C31H38N6O4. The highest BCUT2D eigenvalue weighted by Gasteiger charge is 2.28. The van der Waals surface area contributed by atoms with E-state index in [0.29, 0.717) is 30.8 Å². The molecule has 0 radical (unpaired) electrons. The summed E-state index contributed by atoms with van der Waals surface area (Å²) in [5.74, 6) is 1.41. The smallest absolute Gasteiger partial charge is 0.213 e. The van der Waals surface area contributed by atoms with Crippen molar-refractivity contribution in [2.24, 2.45) is 5.92 Å². The Bertz CT molecular complexity index is 1360. The molecule has 10 heteroatoms.